The van der Waals surface area contributed by atoms with Gasteiger partial charge in [0.1, 0.15) is 0 Å². The molecule has 0 aliphatic carbocycles. The molecule has 0 atom stereocenters. The van der Waals surface area contributed by atoms with E-state index in [0.29, 0.717) is 0 Å². The largest absolute Gasteiger partial charge is 0.486 e. The predicted octanol–water partition coefficient (Wildman–Crippen LogP) is 3.58. The van der Waals surface area contributed by atoms with E-state index in [1.54, 1.807) is 0 Å². The summed E-state index contributed by atoms with van der Waals surface area (Å²) in [5, 5.41) is 0. The smallest absolute Gasteiger partial charge is 0.405 e. The van der Waals surface area contributed by atoms with Crippen LogP contribution in [-0.4, -0.2) is 19.3 Å². The van der Waals surface area contributed by atoms with Crippen molar-refractivity contribution in [3.63, 3.8) is 0 Å². The van der Waals surface area contributed by atoms with Crippen molar-refractivity contribution in [3.8, 4) is 0 Å². The summed E-state index contributed by atoms with van der Waals surface area (Å²) in [5.74, 6) is 1.95. The quantitative estimate of drug-likeness (QED) is 0.698. The van der Waals surface area contributed by atoms with Crippen LogP contribution >= 0.6 is 0 Å². The molecule has 1 aromatic carbocycles. The second-order valence-electron chi connectivity index (χ2n) is 4.51. The van der Waals surface area contributed by atoms with Crippen LogP contribution < -0.4 is 0 Å². The van der Waals surface area contributed by atoms with Crippen molar-refractivity contribution >= 4 is 13.2 Å². The molecule has 0 amide bonds. The maximum absolute atomic E-state index is 5.67. The van der Waals surface area contributed by atoms with Crippen LogP contribution in [0.15, 0.2) is 36.3 Å². The molecule has 1 rings (SSSR count). The molecule has 1 aromatic rings. The van der Waals surface area contributed by atoms with Crippen LogP contribution in [0.25, 0.3) is 6.08 Å². The fraction of sp³-hybridized carbons (Fsp3) is 0.429. The molecule has 0 fully saturated rings. The molecule has 0 bridgehead atoms. The highest BCUT2D eigenvalue weighted by molar-refractivity contribution is 6.51. The van der Waals surface area contributed by atoms with E-state index in [0.717, 1.165) is 5.56 Å². The van der Waals surface area contributed by atoms with Gasteiger partial charge >= 0.3 is 7.12 Å². The Labute approximate surface area is 105 Å². The lowest BCUT2D eigenvalue weighted by molar-refractivity contribution is 0.138. The molecule has 3 heteroatoms. The number of benzene rings is 1. The van der Waals surface area contributed by atoms with Crippen molar-refractivity contribution in [2.75, 3.05) is 0 Å². The minimum Gasteiger partial charge on any atom is -0.405 e. The fourth-order valence-corrected chi connectivity index (χ4v) is 1.41. The van der Waals surface area contributed by atoms with Crippen molar-refractivity contribution in [1.29, 1.82) is 0 Å². The first-order chi connectivity index (χ1) is 8.08. The Kier molecular flexibility index (Phi) is 6.02. The summed E-state index contributed by atoms with van der Waals surface area (Å²) in [5.41, 5.74) is 1.15. The number of hydrogen-bond acceptors (Lipinski definition) is 2. The molecule has 0 unspecified atom stereocenters. The lowest BCUT2D eigenvalue weighted by Crippen LogP contribution is -2.27. The highest BCUT2D eigenvalue weighted by Crippen LogP contribution is 2.06. The molecule has 92 valence electrons. The summed E-state index contributed by atoms with van der Waals surface area (Å²) in [7, 11) is -0.282. The highest BCUT2D eigenvalue weighted by Gasteiger charge is 2.17. The average molecular weight is 232 g/mol. The van der Waals surface area contributed by atoms with Gasteiger partial charge in [-0.25, -0.2) is 0 Å². The van der Waals surface area contributed by atoms with E-state index < -0.39 is 0 Å². The van der Waals surface area contributed by atoms with Crippen molar-refractivity contribution in [3.05, 3.63) is 41.9 Å². The van der Waals surface area contributed by atoms with Gasteiger partial charge in [0.25, 0.3) is 0 Å². The molecule has 0 aliphatic rings. The third kappa shape index (κ3) is 6.30. The zero-order valence-corrected chi connectivity index (χ0v) is 11.1. The van der Waals surface area contributed by atoms with Crippen LogP contribution in [-0.2, 0) is 9.31 Å². The molecule has 0 radical (unpaired) electrons. The number of hydrogen-bond donors (Lipinski definition) is 0. The monoisotopic (exact) mass is 232 g/mol. The van der Waals surface area contributed by atoms with Gasteiger partial charge in [0.2, 0.25) is 0 Å². The summed E-state index contributed by atoms with van der Waals surface area (Å²) in [6.07, 6.45) is 2.33. The van der Waals surface area contributed by atoms with E-state index in [-0.39, 0.29) is 19.3 Å². The summed E-state index contributed by atoms with van der Waals surface area (Å²) in [4.78, 5) is 0. The highest BCUT2D eigenvalue weighted by atomic mass is 16.6. The van der Waals surface area contributed by atoms with E-state index >= 15 is 0 Å². The van der Waals surface area contributed by atoms with E-state index in [1.165, 1.54) is 0 Å². The zero-order valence-electron chi connectivity index (χ0n) is 11.1. The van der Waals surface area contributed by atoms with Crippen molar-refractivity contribution in [2.45, 2.75) is 39.9 Å². The van der Waals surface area contributed by atoms with Crippen LogP contribution in [0.4, 0.5) is 0 Å². The minimum absolute atomic E-state index is 0.152. The lowest BCUT2D eigenvalue weighted by atomic mass is 9.87. The first-order valence-electron chi connectivity index (χ1n) is 6.12. The van der Waals surface area contributed by atoms with Crippen LogP contribution in [0.1, 0.15) is 33.3 Å². The van der Waals surface area contributed by atoms with Gasteiger partial charge in [-0.3, -0.25) is 0 Å². The summed E-state index contributed by atoms with van der Waals surface area (Å²) >= 11 is 0. The molecule has 0 aliphatic heterocycles. The van der Waals surface area contributed by atoms with E-state index in [4.69, 9.17) is 9.31 Å². The third-order valence-electron chi connectivity index (χ3n) is 2.06. The van der Waals surface area contributed by atoms with Crippen LogP contribution in [0, 0.1) is 0 Å². The van der Waals surface area contributed by atoms with Gasteiger partial charge in [-0.15, -0.1) is 0 Å². The Morgan fingerprint density at radius 3 is 1.94 bits per heavy atom. The Hall–Kier alpha value is -1.06. The molecule has 0 N–H and O–H groups in total. The van der Waals surface area contributed by atoms with Gasteiger partial charge in [0.15, 0.2) is 0 Å². The molecule has 17 heavy (non-hydrogen) atoms. The molecule has 2 nitrogen and oxygen atoms in total. The topological polar surface area (TPSA) is 18.5 Å². The summed E-state index contributed by atoms with van der Waals surface area (Å²) in [6.45, 7) is 8.03. The normalized spacial score (nSPS) is 11.6. The van der Waals surface area contributed by atoms with Gasteiger partial charge in [-0.1, -0.05) is 42.4 Å². The lowest BCUT2D eigenvalue weighted by Gasteiger charge is -2.16. The van der Waals surface area contributed by atoms with Gasteiger partial charge < -0.3 is 9.31 Å². The van der Waals surface area contributed by atoms with Crippen LogP contribution in [0.5, 0.6) is 0 Å². The van der Waals surface area contributed by atoms with Gasteiger partial charge in [-0.05, 0) is 33.3 Å². The van der Waals surface area contributed by atoms with Gasteiger partial charge in [0.05, 0.1) is 0 Å². The van der Waals surface area contributed by atoms with Crippen LogP contribution in [0.3, 0.4) is 0 Å². The Bertz CT molecular complexity index is 323. The SMILES string of the molecule is CC(C)OB(/C=C/c1ccccc1)OC(C)C. The first-order valence-corrected chi connectivity index (χ1v) is 6.12. The van der Waals surface area contributed by atoms with Crippen LogP contribution in [0.2, 0.25) is 0 Å². The fourth-order valence-electron chi connectivity index (χ4n) is 1.41. The van der Waals surface area contributed by atoms with Crippen molar-refractivity contribution in [1.82, 2.24) is 0 Å². The molecular weight excluding hydrogens is 211 g/mol. The Morgan fingerprint density at radius 1 is 0.941 bits per heavy atom. The van der Waals surface area contributed by atoms with Gasteiger partial charge in [0, 0.05) is 12.2 Å². The molecule has 0 saturated carbocycles. The molecule has 0 spiro atoms. The van der Waals surface area contributed by atoms with Crippen molar-refractivity contribution < 1.29 is 9.31 Å². The zero-order chi connectivity index (χ0) is 12.7. The second-order valence-corrected chi connectivity index (χ2v) is 4.51. The third-order valence-corrected chi connectivity index (χ3v) is 2.06. The maximum atomic E-state index is 5.67. The van der Waals surface area contributed by atoms with E-state index in [9.17, 15) is 0 Å². The predicted molar refractivity (Wildman–Crippen MR) is 73.7 cm³/mol. The van der Waals surface area contributed by atoms with E-state index in [2.05, 4.69) is 12.1 Å². The molecular formula is C14H21BO2. The van der Waals surface area contributed by atoms with Gasteiger partial charge in [-0.2, -0.15) is 0 Å². The molecule has 0 heterocycles. The maximum Gasteiger partial charge on any atom is 0.486 e. The molecule has 0 aromatic heterocycles. The minimum atomic E-state index is -0.282. The second kappa shape index (κ2) is 7.31. The number of rotatable bonds is 6. The summed E-state index contributed by atoms with van der Waals surface area (Å²) < 4.78 is 11.3. The van der Waals surface area contributed by atoms with E-state index in [1.807, 2.05) is 57.9 Å². The first kappa shape index (κ1) is 14.0. The molecule has 0 saturated heterocycles. The Morgan fingerprint density at radius 2 is 1.47 bits per heavy atom. The van der Waals surface area contributed by atoms with Crippen molar-refractivity contribution in [2.24, 2.45) is 0 Å². The standard InChI is InChI=1S/C14H21BO2/c1-12(2)16-15(17-13(3)4)11-10-14-8-6-5-7-9-14/h5-13H,1-4H3/b11-10+. The Balaban J connectivity index is 2.61. The average Bonchev–Trinajstić information content (AvgIpc) is 2.26. The summed E-state index contributed by atoms with van der Waals surface area (Å²) in [6, 6.07) is 10.1.